The average molecular weight is 317 g/mol. The van der Waals surface area contributed by atoms with Crippen LogP contribution in [0.1, 0.15) is 48.9 Å². The van der Waals surface area contributed by atoms with E-state index in [9.17, 15) is 9.59 Å². The second kappa shape index (κ2) is 7.30. The van der Waals surface area contributed by atoms with Crippen LogP contribution >= 0.6 is 0 Å². The number of nitrogens with zero attached hydrogens (tertiary/aromatic N) is 3. The first kappa shape index (κ1) is 16.2. The molecule has 0 radical (unpaired) electrons. The number of hydrogen-bond donors (Lipinski definition) is 0. The molecule has 0 bridgehead atoms. The maximum absolute atomic E-state index is 12.8. The molecule has 3 rings (SSSR count). The summed E-state index contributed by atoms with van der Waals surface area (Å²) in [5.74, 6) is 0.0221. The molecule has 23 heavy (non-hydrogen) atoms. The maximum atomic E-state index is 12.8. The largest absolute Gasteiger partial charge is 0.336 e. The van der Waals surface area contributed by atoms with Crippen molar-refractivity contribution in [1.82, 2.24) is 14.4 Å². The summed E-state index contributed by atoms with van der Waals surface area (Å²) in [6.45, 7) is 4.31. The molecule has 0 aromatic carbocycles. The van der Waals surface area contributed by atoms with Crippen LogP contribution < -0.4 is 5.56 Å². The van der Waals surface area contributed by atoms with E-state index in [1.54, 1.807) is 19.3 Å². The van der Waals surface area contributed by atoms with Crippen LogP contribution in [0.4, 0.5) is 0 Å². The molecule has 1 atom stereocenters. The number of likely N-dealkylation sites (tertiary alicyclic amines) is 2. The minimum atomic E-state index is -0.124. The SMILES string of the molecule is Cn1ccc(C(=O)N2CCCCC2CCN2CCCC2)cc1=O. The fourth-order valence-electron chi connectivity index (χ4n) is 3.75. The van der Waals surface area contributed by atoms with Gasteiger partial charge >= 0.3 is 0 Å². The number of aryl methyl sites for hydroxylation is 1. The van der Waals surface area contributed by atoms with E-state index in [1.807, 2.05) is 4.90 Å². The van der Waals surface area contributed by atoms with Gasteiger partial charge in [0.15, 0.2) is 0 Å². The molecule has 1 unspecified atom stereocenters. The molecule has 2 fully saturated rings. The van der Waals surface area contributed by atoms with E-state index >= 15 is 0 Å². The van der Waals surface area contributed by atoms with Crippen molar-refractivity contribution in [3.63, 3.8) is 0 Å². The number of aromatic nitrogens is 1. The van der Waals surface area contributed by atoms with Crippen molar-refractivity contribution in [1.29, 1.82) is 0 Å². The average Bonchev–Trinajstić information content (AvgIpc) is 3.08. The van der Waals surface area contributed by atoms with Crippen LogP contribution in [0, 0.1) is 0 Å². The van der Waals surface area contributed by atoms with Gasteiger partial charge in [0.25, 0.3) is 11.5 Å². The van der Waals surface area contributed by atoms with Gasteiger partial charge in [0.05, 0.1) is 0 Å². The second-order valence-electron chi connectivity index (χ2n) is 6.85. The molecule has 3 heterocycles. The highest BCUT2D eigenvalue weighted by atomic mass is 16.2. The Balaban J connectivity index is 1.68. The summed E-state index contributed by atoms with van der Waals surface area (Å²) in [5.41, 5.74) is 0.405. The Kier molecular flexibility index (Phi) is 5.16. The highest BCUT2D eigenvalue weighted by Crippen LogP contribution is 2.22. The fraction of sp³-hybridized carbons (Fsp3) is 0.667. The van der Waals surface area contributed by atoms with Crippen molar-refractivity contribution in [2.75, 3.05) is 26.2 Å². The molecule has 0 N–H and O–H groups in total. The van der Waals surface area contributed by atoms with Crippen molar-refractivity contribution in [2.24, 2.45) is 7.05 Å². The molecule has 5 nitrogen and oxygen atoms in total. The molecule has 0 spiro atoms. The Morgan fingerprint density at radius 3 is 2.65 bits per heavy atom. The summed E-state index contributed by atoms with van der Waals surface area (Å²) in [7, 11) is 1.70. The molecule has 2 saturated heterocycles. The van der Waals surface area contributed by atoms with Crippen LogP contribution in [-0.4, -0.2) is 52.5 Å². The predicted molar refractivity (Wildman–Crippen MR) is 90.6 cm³/mol. The van der Waals surface area contributed by atoms with Crippen molar-refractivity contribution in [3.8, 4) is 0 Å². The molecule has 0 aliphatic carbocycles. The molecular formula is C18H27N3O2. The lowest BCUT2D eigenvalue weighted by atomic mass is 9.98. The molecule has 126 valence electrons. The van der Waals surface area contributed by atoms with Gasteiger partial charge < -0.3 is 14.4 Å². The van der Waals surface area contributed by atoms with E-state index in [-0.39, 0.29) is 11.5 Å². The first-order valence-electron chi connectivity index (χ1n) is 8.85. The summed E-state index contributed by atoms with van der Waals surface area (Å²) in [4.78, 5) is 29.1. The Labute approximate surface area is 137 Å². The lowest BCUT2D eigenvalue weighted by Crippen LogP contribution is -2.45. The van der Waals surface area contributed by atoms with Crippen LogP contribution in [0.3, 0.4) is 0 Å². The minimum absolute atomic E-state index is 0.0221. The maximum Gasteiger partial charge on any atom is 0.254 e. The van der Waals surface area contributed by atoms with E-state index in [1.165, 1.54) is 43.0 Å². The zero-order valence-electron chi connectivity index (χ0n) is 14.0. The molecular weight excluding hydrogens is 290 g/mol. The topological polar surface area (TPSA) is 45.6 Å². The van der Waals surface area contributed by atoms with Gasteiger partial charge in [0.1, 0.15) is 0 Å². The molecule has 2 aliphatic rings. The molecule has 1 aromatic rings. The minimum Gasteiger partial charge on any atom is -0.336 e. The van der Waals surface area contributed by atoms with Crippen molar-refractivity contribution >= 4 is 5.91 Å². The van der Waals surface area contributed by atoms with E-state index in [0.29, 0.717) is 11.6 Å². The Hall–Kier alpha value is -1.62. The van der Waals surface area contributed by atoms with Crippen LogP contribution in [0.5, 0.6) is 0 Å². The highest BCUT2D eigenvalue weighted by molar-refractivity contribution is 5.94. The Morgan fingerprint density at radius 1 is 1.17 bits per heavy atom. The third-order valence-corrected chi connectivity index (χ3v) is 5.22. The zero-order chi connectivity index (χ0) is 16.2. The van der Waals surface area contributed by atoms with Gasteiger partial charge in [-0.15, -0.1) is 0 Å². The van der Waals surface area contributed by atoms with Crippen LogP contribution in [0.25, 0.3) is 0 Å². The number of piperidine rings is 1. The van der Waals surface area contributed by atoms with E-state index in [2.05, 4.69) is 4.90 Å². The lowest BCUT2D eigenvalue weighted by molar-refractivity contribution is 0.0587. The number of hydrogen-bond acceptors (Lipinski definition) is 3. The molecule has 5 heteroatoms. The normalized spacial score (nSPS) is 22.5. The molecule has 2 aliphatic heterocycles. The number of carbonyl (C=O) groups is 1. The Morgan fingerprint density at radius 2 is 1.91 bits per heavy atom. The van der Waals surface area contributed by atoms with Gasteiger partial charge in [-0.05, 0) is 57.7 Å². The summed E-state index contributed by atoms with van der Waals surface area (Å²) in [5, 5.41) is 0. The smallest absolute Gasteiger partial charge is 0.254 e. The van der Waals surface area contributed by atoms with Crippen molar-refractivity contribution in [3.05, 3.63) is 34.2 Å². The standard InChI is InChI=1S/C18H27N3O2/c1-19-12-7-15(14-17(19)22)18(23)21-11-3-2-6-16(21)8-13-20-9-4-5-10-20/h7,12,14,16H,2-6,8-11,13H2,1H3. The number of amides is 1. The molecule has 0 saturated carbocycles. The van der Waals surface area contributed by atoms with Gasteiger partial charge in [-0.3, -0.25) is 9.59 Å². The number of carbonyl (C=O) groups excluding carboxylic acids is 1. The summed E-state index contributed by atoms with van der Waals surface area (Å²) >= 11 is 0. The summed E-state index contributed by atoms with van der Waals surface area (Å²) < 4.78 is 1.50. The third kappa shape index (κ3) is 3.83. The Bertz CT molecular complexity index is 605. The van der Waals surface area contributed by atoms with E-state index < -0.39 is 0 Å². The summed E-state index contributed by atoms with van der Waals surface area (Å²) in [6, 6.07) is 3.55. The van der Waals surface area contributed by atoms with Crippen molar-refractivity contribution in [2.45, 2.75) is 44.6 Å². The predicted octanol–water partition coefficient (Wildman–Crippen LogP) is 1.87. The van der Waals surface area contributed by atoms with E-state index in [4.69, 9.17) is 0 Å². The quantitative estimate of drug-likeness (QED) is 0.851. The summed E-state index contributed by atoms with van der Waals surface area (Å²) in [6.07, 6.45) is 8.70. The van der Waals surface area contributed by atoms with E-state index in [0.717, 1.165) is 32.4 Å². The first-order chi connectivity index (χ1) is 11.1. The first-order valence-corrected chi connectivity index (χ1v) is 8.85. The van der Waals surface area contributed by atoms with Gasteiger partial charge in [-0.1, -0.05) is 0 Å². The van der Waals surface area contributed by atoms with Gasteiger partial charge in [0.2, 0.25) is 0 Å². The lowest BCUT2D eigenvalue weighted by Gasteiger charge is -2.36. The number of pyridine rings is 1. The highest BCUT2D eigenvalue weighted by Gasteiger charge is 2.28. The van der Waals surface area contributed by atoms with Crippen molar-refractivity contribution < 1.29 is 4.79 Å². The second-order valence-corrected chi connectivity index (χ2v) is 6.85. The van der Waals surface area contributed by atoms with Gasteiger partial charge in [-0.25, -0.2) is 0 Å². The number of rotatable bonds is 4. The van der Waals surface area contributed by atoms with Gasteiger partial charge in [-0.2, -0.15) is 0 Å². The monoisotopic (exact) mass is 317 g/mol. The van der Waals surface area contributed by atoms with Crippen LogP contribution in [-0.2, 0) is 7.05 Å². The van der Waals surface area contributed by atoms with Crippen LogP contribution in [0.2, 0.25) is 0 Å². The zero-order valence-corrected chi connectivity index (χ0v) is 14.0. The fourth-order valence-corrected chi connectivity index (χ4v) is 3.75. The van der Waals surface area contributed by atoms with Crippen LogP contribution in [0.15, 0.2) is 23.1 Å². The molecule has 1 amide bonds. The third-order valence-electron chi connectivity index (χ3n) is 5.22. The van der Waals surface area contributed by atoms with Gasteiger partial charge in [0, 0.05) is 44.0 Å². The molecule has 1 aromatic heterocycles.